The topological polar surface area (TPSA) is 41.5 Å². The lowest BCUT2D eigenvalue weighted by molar-refractivity contribution is 0.122. The molecule has 3 heterocycles. The molecular weight excluding hydrogens is 240 g/mol. The monoisotopic (exact) mass is 262 g/mol. The van der Waals surface area contributed by atoms with Crippen molar-refractivity contribution in [2.75, 3.05) is 42.6 Å². The molecule has 0 saturated carbocycles. The SMILES string of the molecule is CC1CCCCN1c1cc(N2CCOCC2)ncn1. The van der Waals surface area contributed by atoms with Crippen molar-refractivity contribution in [3.63, 3.8) is 0 Å². The fourth-order valence-corrected chi connectivity index (χ4v) is 2.90. The Hall–Kier alpha value is -1.36. The van der Waals surface area contributed by atoms with Crippen LogP contribution in [0.2, 0.25) is 0 Å². The molecule has 3 rings (SSSR count). The third-order valence-electron chi connectivity index (χ3n) is 4.07. The largest absolute Gasteiger partial charge is 0.378 e. The molecule has 0 amide bonds. The lowest BCUT2D eigenvalue weighted by atomic mass is 10.0. The van der Waals surface area contributed by atoms with Gasteiger partial charge in [0, 0.05) is 31.7 Å². The molecule has 19 heavy (non-hydrogen) atoms. The first-order valence-electron chi connectivity index (χ1n) is 7.26. The third-order valence-corrected chi connectivity index (χ3v) is 4.07. The molecule has 0 spiro atoms. The van der Waals surface area contributed by atoms with E-state index < -0.39 is 0 Å². The Labute approximate surface area is 114 Å². The van der Waals surface area contributed by atoms with E-state index in [4.69, 9.17) is 4.74 Å². The van der Waals surface area contributed by atoms with E-state index in [2.05, 4.69) is 32.8 Å². The highest BCUT2D eigenvalue weighted by molar-refractivity contribution is 5.51. The van der Waals surface area contributed by atoms with Gasteiger partial charge in [0.1, 0.15) is 18.0 Å². The molecule has 0 bridgehead atoms. The van der Waals surface area contributed by atoms with E-state index in [1.54, 1.807) is 6.33 Å². The first kappa shape index (κ1) is 12.7. The molecule has 1 atom stereocenters. The maximum atomic E-state index is 5.39. The molecule has 1 unspecified atom stereocenters. The second-order valence-corrected chi connectivity index (χ2v) is 5.37. The van der Waals surface area contributed by atoms with Crippen LogP contribution in [0.5, 0.6) is 0 Å². The lowest BCUT2D eigenvalue weighted by Crippen LogP contribution is -2.39. The maximum absolute atomic E-state index is 5.39. The van der Waals surface area contributed by atoms with Crippen LogP contribution in [0.25, 0.3) is 0 Å². The van der Waals surface area contributed by atoms with Crippen molar-refractivity contribution in [1.29, 1.82) is 0 Å². The summed E-state index contributed by atoms with van der Waals surface area (Å²) in [5.74, 6) is 2.11. The van der Waals surface area contributed by atoms with Gasteiger partial charge in [0.2, 0.25) is 0 Å². The number of morpholine rings is 1. The van der Waals surface area contributed by atoms with Gasteiger partial charge < -0.3 is 14.5 Å². The summed E-state index contributed by atoms with van der Waals surface area (Å²) in [6.07, 6.45) is 5.55. The van der Waals surface area contributed by atoms with Gasteiger partial charge in [-0.15, -0.1) is 0 Å². The van der Waals surface area contributed by atoms with Gasteiger partial charge >= 0.3 is 0 Å². The normalized spacial score (nSPS) is 24.6. The molecule has 2 saturated heterocycles. The van der Waals surface area contributed by atoms with Crippen molar-refractivity contribution in [2.24, 2.45) is 0 Å². The molecule has 0 aliphatic carbocycles. The molecule has 2 fully saturated rings. The minimum Gasteiger partial charge on any atom is -0.378 e. The van der Waals surface area contributed by atoms with E-state index in [1.807, 2.05) is 0 Å². The fraction of sp³-hybridized carbons (Fsp3) is 0.714. The predicted octanol–water partition coefficient (Wildman–Crippen LogP) is 1.69. The molecule has 104 valence electrons. The quantitative estimate of drug-likeness (QED) is 0.811. The standard InChI is InChI=1S/C14H22N4O/c1-12-4-2-3-5-18(12)14-10-13(15-11-16-14)17-6-8-19-9-7-17/h10-12H,2-9H2,1H3. The summed E-state index contributed by atoms with van der Waals surface area (Å²) in [6, 6.07) is 2.72. The van der Waals surface area contributed by atoms with Gasteiger partial charge in [0.05, 0.1) is 13.2 Å². The zero-order chi connectivity index (χ0) is 13.1. The van der Waals surface area contributed by atoms with Gasteiger partial charge in [-0.3, -0.25) is 0 Å². The molecule has 1 aromatic rings. The Balaban J connectivity index is 1.78. The average Bonchev–Trinajstić information content (AvgIpc) is 2.49. The van der Waals surface area contributed by atoms with Crippen LogP contribution in [-0.2, 0) is 4.74 Å². The molecule has 2 aliphatic heterocycles. The van der Waals surface area contributed by atoms with Crippen LogP contribution in [0.4, 0.5) is 11.6 Å². The summed E-state index contributed by atoms with van der Waals surface area (Å²) in [7, 11) is 0. The fourth-order valence-electron chi connectivity index (χ4n) is 2.90. The maximum Gasteiger partial charge on any atom is 0.134 e. The number of nitrogens with zero attached hydrogens (tertiary/aromatic N) is 4. The first-order valence-corrected chi connectivity index (χ1v) is 7.26. The highest BCUT2D eigenvalue weighted by Crippen LogP contribution is 2.25. The van der Waals surface area contributed by atoms with Crippen molar-refractivity contribution in [1.82, 2.24) is 9.97 Å². The Kier molecular flexibility index (Phi) is 3.82. The van der Waals surface area contributed by atoms with Crippen LogP contribution in [0.1, 0.15) is 26.2 Å². The number of aromatic nitrogens is 2. The number of rotatable bonds is 2. The first-order chi connectivity index (χ1) is 9.34. The smallest absolute Gasteiger partial charge is 0.134 e. The van der Waals surface area contributed by atoms with E-state index in [9.17, 15) is 0 Å². The van der Waals surface area contributed by atoms with Gasteiger partial charge in [0.15, 0.2) is 0 Å². The van der Waals surface area contributed by atoms with Crippen molar-refractivity contribution in [3.8, 4) is 0 Å². The summed E-state index contributed by atoms with van der Waals surface area (Å²) in [5, 5.41) is 0. The second-order valence-electron chi connectivity index (χ2n) is 5.37. The summed E-state index contributed by atoms with van der Waals surface area (Å²) < 4.78 is 5.39. The Morgan fingerprint density at radius 1 is 1.11 bits per heavy atom. The van der Waals surface area contributed by atoms with Crippen molar-refractivity contribution < 1.29 is 4.74 Å². The Bertz CT molecular complexity index is 420. The van der Waals surface area contributed by atoms with Crippen LogP contribution >= 0.6 is 0 Å². The summed E-state index contributed by atoms with van der Waals surface area (Å²) >= 11 is 0. The zero-order valence-corrected chi connectivity index (χ0v) is 11.6. The third kappa shape index (κ3) is 2.81. The minimum atomic E-state index is 0.584. The highest BCUT2D eigenvalue weighted by atomic mass is 16.5. The number of anilines is 2. The molecular formula is C14H22N4O. The molecule has 0 radical (unpaired) electrons. The number of piperidine rings is 1. The predicted molar refractivity (Wildman–Crippen MR) is 75.7 cm³/mol. The zero-order valence-electron chi connectivity index (χ0n) is 11.6. The van der Waals surface area contributed by atoms with Crippen molar-refractivity contribution in [2.45, 2.75) is 32.2 Å². The lowest BCUT2D eigenvalue weighted by Gasteiger charge is -2.35. The van der Waals surface area contributed by atoms with Gasteiger partial charge in [-0.25, -0.2) is 9.97 Å². The Morgan fingerprint density at radius 3 is 2.68 bits per heavy atom. The van der Waals surface area contributed by atoms with Crippen molar-refractivity contribution in [3.05, 3.63) is 12.4 Å². The van der Waals surface area contributed by atoms with E-state index in [0.29, 0.717) is 6.04 Å². The van der Waals surface area contributed by atoms with Crippen LogP contribution < -0.4 is 9.80 Å². The van der Waals surface area contributed by atoms with Gasteiger partial charge in [-0.05, 0) is 26.2 Å². The molecule has 1 aromatic heterocycles. The van der Waals surface area contributed by atoms with Crippen LogP contribution in [0.15, 0.2) is 12.4 Å². The molecule has 0 N–H and O–H groups in total. The van der Waals surface area contributed by atoms with Crippen molar-refractivity contribution >= 4 is 11.6 Å². The summed E-state index contributed by atoms with van der Waals surface area (Å²) in [4.78, 5) is 13.6. The van der Waals surface area contributed by atoms with Gasteiger partial charge in [-0.1, -0.05) is 0 Å². The highest BCUT2D eigenvalue weighted by Gasteiger charge is 2.21. The second kappa shape index (κ2) is 5.74. The molecule has 0 aromatic carbocycles. The van der Waals surface area contributed by atoms with Gasteiger partial charge in [-0.2, -0.15) is 0 Å². The van der Waals surface area contributed by atoms with Crippen LogP contribution in [0.3, 0.4) is 0 Å². The average molecular weight is 262 g/mol. The molecule has 5 nitrogen and oxygen atoms in total. The van der Waals surface area contributed by atoms with E-state index in [0.717, 1.165) is 44.5 Å². The number of ether oxygens (including phenoxy) is 1. The summed E-state index contributed by atoms with van der Waals surface area (Å²) in [6.45, 7) is 6.83. The Morgan fingerprint density at radius 2 is 1.89 bits per heavy atom. The van der Waals surface area contributed by atoms with E-state index >= 15 is 0 Å². The molecule has 5 heteroatoms. The number of hydrogen-bond donors (Lipinski definition) is 0. The van der Waals surface area contributed by atoms with Crippen LogP contribution in [-0.4, -0.2) is 48.9 Å². The van der Waals surface area contributed by atoms with E-state index in [-0.39, 0.29) is 0 Å². The van der Waals surface area contributed by atoms with Gasteiger partial charge in [0.25, 0.3) is 0 Å². The number of hydrogen-bond acceptors (Lipinski definition) is 5. The summed E-state index contributed by atoms with van der Waals surface area (Å²) in [5.41, 5.74) is 0. The van der Waals surface area contributed by atoms with Crippen LogP contribution in [0, 0.1) is 0 Å². The minimum absolute atomic E-state index is 0.584. The molecule has 2 aliphatic rings. The van der Waals surface area contributed by atoms with E-state index in [1.165, 1.54) is 19.3 Å².